The molecule has 0 unspecified atom stereocenters. The fourth-order valence-electron chi connectivity index (χ4n) is 4.83. The average Bonchev–Trinajstić information content (AvgIpc) is 3.78. The van der Waals surface area contributed by atoms with Gasteiger partial charge in [-0.05, 0) is 76.9 Å². The largest absolute Gasteiger partial charge is 0.298 e. The van der Waals surface area contributed by atoms with Crippen LogP contribution in [0.5, 0.6) is 0 Å². The van der Waals surface area contributed by atoms with Crippen LogP contribution >= 0.6 is 47.8 Å². The first-order chi connectivity index (χ1) is 25.4. The molecule has 0 aromatic heterocycles. The average molecular weight is 1310 g/mol. The van der Waals surface area contributed by atoms with Crippen LogP contribution in [0.2, 0.25) is 0 Å². The lowest BCUT2D eigenvalue weighted by atomic mass is 10.0. The Labute approximate surface area is 401 Å². The summed E-state index contributed by atoms with van der Waals surface area (Å²) in [5.74, 6) is 0. The van der Waals surface area contributed by atoms with Crippen molar-refractivity contribution < 1.29 is 4.79 Å². The molecule has 4 aromatic rings. The number of hydrogen-bond acceptors (Lipinski definition) is 5. The summed E-state index contributed by atoms with van der Waals surface area (Å²) in [7, 11) is 30.8. The van der Waals surface area contributed by atoms with Crippen molar-refractivity contribution in [3.8, 4) is 0 Å². The summed E-state index contributed by atoms with van der Waals surface area (Å²) in [5, 5.41) is 5.15. The molecule has 2 aliphatic rings. The normalized spacial score (nSPS) is 10.7. The van der Waals surface area contributed by atoms with E-state index in [2.05, 4.69) is 129 Å². The molecular weight excluding hydrogens is 1290 g/mol. The van der Waals surface area contributed by atoms with Gasteiger partial charge in [0.2, 0.25) is 0 Å². The van der Waals surface area contributed by atoms with E-state index < -0.39 is 0 Å². The monoisotopic (exact) mass is 1310 g/mol. The SMILES string of the molecule is Brc1ccc2c3c(ccc(Br)c13)CC2.O=Cc1ccc2c3c(ccc(Br)c13)CC2.S=S=S=S=S=S=S=S=S=S=S.S=S=S=S=S=S=S=S=S=S=S=S. The van der Waals surface area contributed by atoms with E-state index in [4.69, 9.17) is 0 Å². The molecular formula is C25H17Br3OS23. The Morgan fingerprint density at radius 2 is 0.654 bits per heavy atom. The molecule has 0 atom stereocenters. The highest BCUT2D eigenvalue weighted by Gasteiger charge is 2.18. The second-order valence-electron chi connectivity index (χ2n) is 8.84. The minimum absolute atomic E-state index is 0.782. The van der Waals surface area contributed by atoms with Gasteiger partial charge in [-0.2, -0.15) is 0 Å². The van der Waals surface area contributed by atoms with E-state index in [1.165, 1.54) is 95.7 Å². The molecule has 0 aliphatic heterocycles. The van der Waals surface area contributed by atoms with Crippen molar-refractivity contribution in [3.05, 3.63) is 89.8 Å². The number of aldehydes is 1. The Balaban J connectivity index is 0.000000189. The molecule has 282 valence electrons. The molecule has 52 heavy (non-hydrogen) atoms. The third-order valence-electron chi connectivity index (χ3n) is 6.47. The van der Waals surface area contributed by atoms with Gasteiger partial charge in [-0.15, -0.1) is 0 Å². The lowest BCUT2D eigenvalue weighted by Gasteiger charge is -2.06. The van der Waals surface area contributed by atoms with E-state index in [1.807, 2.05) is 12.1 Å². The number of hydrogen-bond donors (Lipinski definition) is 0. The lowest BCUT2D eigenvalue weighted by molar-refractivity contribution is 0.112. The number of carbonyl (C=O) groups is 1. The zero-order chi connectivity index (χ0) is 37.6. The van der Waals surface area contributed by atoms with E-state index in [-0.39, 0.29) is 0 Å². The van der Waals surface area contributed by atoms with Crippen LogP contribution in [0.3, 0.4) is 0 Å². The van der Waals surface area contributed by atoms with Crippen LogP contribution in [-0.4, -0.2) is 6.29 Å². The highest BCUT2D eigenvalue weighted by molar-refractivity contribution is 9.11. The van der Waals surface area contributed by atoms with Gasteiger partial charge in [-0.25, -0.2) is 0 Å². The highest BCUT2D eigenvalue weighted by Crippen LogP contribution is 2.39. The summed E-state index contributed by atoms with van der Waals surface area (Å²) in [5.41, 5.74) is 6.49. The molecule has 2 aliphatic carbocycles. The molecule has 0 amide bonds. The van der Waals surface area contributed by atoms with Gasteiger partial charge in [0.15, 0.2) is 6.29 Å². The summed E-state index contributed by atoms with van der Waals surface area (Å²) in [6, 6.07) is 17.0. The molecule has 0 saturated heterocycles. The molecule has 0 spiro atoms. The molecule has 27 heteroatoms. The van der Waals surface area contributed by atoms with Crippen LogP contribution < -0.4 is 0 Å². The minimum Gasteiger partial charge on any atom is -0.298 e. The van der Waals surface area contributed by atoms with Crippen LogP contribution in [-0.2, 0) is 239 Å². The molecule has 0 radical (unpaired) electrons. The third kappa shape index (κ3) is 17.3. The van der Waals surface area contributed by atoms with Gasteiger partial charge in [-0.3, -0.25) is 4.79 Å². The molecule has 0 saturated carbocycles. The number of carbonyl (C=O) groups excluding carboxylic acids is 1. The van der Waals surface area contributed by atoms with Crippen LogP contribution in [0.4, 0.5) is 0 Å². The van der Waals surface area contributed by atoms with Gasteiger partial charge in [0.05, 0.1) is 0 Å². The maximum Gasteiger partial charge on any atom is 0.150 e. The first-order valence-corrected chi connectivity index (χ1v) is 43.5. The van der Waals surface area contributed by atoms with Gasteiger partial charge in [0.25, 0.3) is 0 Å². The van der Waals surface area contributed by atoms with E-state index in [1.54, 1.807) is 133 Å². The fraction of sp³-hybridized carbons (Fsp3) is 0.160. The number of aryl methyl sites for hydroxylation is 4. The molecule has 0 N–H and O–H groups in total. The smallest absolute Gasteiger partial charge is 0.150 e. The lowest BCUT2D eigenvalue weighted by Crippen LogP contribution is -1.87. The van der Waals surface area contributed by atoms with E-state index in [0.717, 1.165) is 34.6 Å². The van der Waals surface area contributed by atoms with E-state index >= 15 is 0 Å². The van der Waals surface area contributed by atoms with Crippen molar-refractivity contribution in [2.24, 2.45) is 0 Å². The van der Waals surface area contributed by atoms with Crippen molar-refractivity contribution in [1.29, 1.82) is 0 Å². The van der Waals surface area contributed by atoms with Crippen LogP contribution in [0.1, 0.15) is 32.6 Å². The van der Waals surface area contributed by atoms with Gasteiger partial charge >= 0.3 is 0 Å². The molecule has 1 nitrogen and oxygen atoms in total. The van der Waals surface area contributed by atoms with Crippen molar-refractivity contribution in [2.45, 2.75) is 25.7 Å². The fourth-order valence-corrected chi connectivity index (χ4v) is 47.9. The standard InChI is InChI=1S/C13H9BrO.C12H8Br2.S12.S11/c14-11-6-5-9-2-1-8-3-4-10(7-15)13(11)12(8)9;13-9-5-3-7-1-2-8-4-6-10(14)12(9)11(7)8;1-3-5-7-9-11-12-10-8-6-4-2;1-3-5-7-9-11-10-8-6-4-2/h3-7H,1-2H2;3-6H,1-2H2;;. The summed E-state index contributed by atoms with van der Waals surface area (Å²) in [6.07, 6.45) is 5.51. The van der Waals surface area contributed by atoms with Gasteiger partial charge < -0.3 is 0 Å². The van der Waals surface area contributed by atoms with E-state index in [0.29, 0.717) is 0 Å². The Bertz CT molecular complexity index is 2740. The molecule has 0 heterocycles. The predicted molar refractivity (Wildman–Crippen MR) is 301 cm³/mol. The first kappa shape index (κ1) is 49.9. The Morgan fingerprint density at radius 3 is 0.962 bits per heavy atom. The van der Waals surface area contributed by atoms with Crippen LogP contribution in [0, 0.1) is 0 Å². The Hall–Kier alpha value is 3.57. The third-order valence-corrected chi connectivity index (χ3v) is 46.2. The Kier molecular flexibility index (Phi) is 29.4. The second kappa shape index (κ2) is 30.6. The number of rotatable bonds is 1. The second-order valence-corrected chi connectivity index (χ2v) is 45.0. The zero-order valence-corrected chi connectivity index (χ0v) is 48.5. The van der Waals surface area contributed by atoms with Crippen molar-refractivity contribution in [2.75, 3.05) is 0 Å². The number of halogens is 3. The van der Waals surface area contributed by atoms with Gasteiger partial charge in [0.1, 0.15) is 0 Å². The quantitative estimate of drug-likeness (QED) is 0.180. The van der Waals surface area contributed by atoms with Crippen LogP contribution in [0.25, 0.3) is 21.5 Å². The summed E-state index contributed by atoms with van der Waals surface area (Å²) in [6.45, 7) is 0. The van der Waals surface area contributed by atoms with E-state index in [9.17, 15) is 4.79 Å². The molecule has 4 aromatic carbocycles. The van der Waals surface area contributed by atoms with Crippen molar-refractivity contribution >= 4 is 289 Å². The minimum atomic E-state index is 0.782. The maximum atomic E-state index is 11.0. The molecule has 6 rings (SSSR count). The van der Waals surface area contributed by atoms with Crippen molar-refractivity contribution in [1.82, 2.24) is 0 Å². The summed E-state index contributed by atoms with van der Waals surface area (Å²) in [4.78, 5) is 11.0. The summed E-state index contributed by atoms with van der Waals surface area (Å²) < 4.78 is 3.39. The molecule has 0 fully saturated rings. The maximum absolute atomic E-state index is 11.0. The van der Waals surface area contributed by atoms with Gasteiger partial charge in [0, 0.05) is 243 Å². The Morgan fingerprint density at radius 1 is 0.385 bits per heavy atom. The van der Waals surface area contributed by atoms with Crippen molar-refractivity contribution in [3.63, 3.8) is 0 Å². The van der Waals surface area contributed by atoms with Crippen LogP contribution in [0.15, 0.2) is 61.9 Å². The number of benzene rings is 4. The zero-order valence-electron chi connectivity index (χ0n) is 25.0. The topological polar surface area (TPSA) is 17.1 Å². The molecule has 0 bridgehead atoms. The summed E-state index contributed by atoms with van der Waals surface area (Å²) >= 11 is 29.5. The van der Waals surface area contributed by atoms with Gasteiger partial charge in [-0.1, -0.05) is 78.1 Å². The highest BCUT2D eigenvalue weighted by atomic mass is 79.9. The first-order valence-electron chi connectivity index (χ1n) is 13.1. The predicted octanol–water partition coefficient (Wildman–Crippen LogP) is 7.92.